The second-order valence-corrected chi connectivity index (χ2v) is 5.73. The van der Waals surface area contributed by atoms with E-state index >= 15 is 0 Å². The maximum atomic E-state index is 14.3. The summed E-state index contributed by atoms with van der Waals surface area (Å²) < 4.78 is 14.3. The second-order valence-electron chi connectivity index (χ2n) is 5.73. The molecule has 1 atom stereocenters. The first-order valence-corrected chi connectivity index (χ1v) is 7.39. The van der Waals surface area contributed by atoms with Crippen molar-refractivity contribution in [3.05, 3.63) is 77.6 Å². The van der Waals surface area contributed by atoms with Crippen LogP contribution in [0.4, 0.5) is 4.39 Å². The van der Waals surface area contributed by atoms with Crippen molar-refractivity contribution in [2.45, 2.75) is 20.3 Å². The summed E-state index contributed by atoms with van der Waals surface area (Å²) in [5.74, 6) is 0.428. The van der Waals surface area contributed by atoms with E-state index in [-0.39, 0.29) is 5.82 Å². The first-order chi connectivity index (χ1) is 10.1. The normalized spacial score (nSPS) is 17.7. The molecule has 0 amide bonds. The summed E-state index contributed by atoms with van der Waals surface area (Å²) in [6.07, 6.45) is 7.51. The fraction of sp³-hybridized carbons (Fsp3) is 0.200. The smallest absolute Gasteiger partial charge is 0.127 e. The standard InChI is InChI=1S/C20H19F/c1-14-8-10-16(11-9-14)18-12-19(15(2)20(21)13-18)17-6-4-3-5-7-17/h3-8,10-14H,9H2,1-2H3. The topological polar surface area (TPSA) is 0 Å². The van der Waals surface area contributed by atoms with Crippen LogP contribution in [-0.2, 0) is 0 Å². The highest BCUT2D eigenvalue weighted by molar-refractivity contribution is 5.79. The highest BCUT2D eigenvalue weighted by atomic mass is 19.1. The average Bonchev–Trinajstić information content (AvgIpc) is 2.51. The molecular formula is C20H19F. The maximum Gasteiger partial charge on any atom is 0.127 e. The molecule has 2 aromatic rings. The van der Waals surface area contributed by atoms with E-state index in [0.29, 0.717) is 11.5 Å². The van der Waals surface area contributed by atoms with Gasteiger partial charge in [0.05, 0.1) is 0 Å². The van der Waals surface area contributed by atoms with Gasteiger partial charge in [0, 0.05) is 0 Å². The summed E-state index contributed by atoms with van der Waals surface area (Å²) in [5.41, 5.74) is 4.81. The molecule has 0 N–H and O–H groups in total. The second kappa shape index (κ2) is 5.69. The molecule has 1 heteroatoms. The van der Waals surface area contributed by atoms with Crippen LogP contribution in [0.2, 0.25) is 0 Å². The van der Waals surface area contributed by atoms with Crippen LogP contribution in [0.25, 0.3) is 16.7 Å². The number of halogens is 1. The molecule has 0 nitrogen and oxygen atoms in total. The van der Waals surface area contributed by atoms with Gasteiger partial charge < -0.3 is 0 Å². The summed E-state index contributed by atoms with van der Waals surface area (Å²) in [4.78, 5) is 0. The van der Waals surface area contributed by atoms with E-state index in [2.05, 4.69) is 31.2 Å². The molecule has 1 aliphatic carbocycles. The van der Waals surface area contributed by atoms with Crippen molar-refractivity contribution in [2.75, 3.05) is 0 Å². The molecule has 3 rings (SSSR count). The van der Waals surface area contributed by atoms with Crippen molar-refractivity contribution in [1.82, 2.24) is 0 Å². The van der Waals surface area contributed by atoms with Gasteiger partial charge in [0.1, 0.15) is 5.82 Å². The lowest BCUT2D eigenvalue weighted by atomic mass is 9.90. The number of hydrogen-bond acceptors (Lipinski definition) is 0. The number of hydrogen-bond donors (Lipinski definition) is 0. The van der Waals surface area contributed by atoms with Crippen LogP contribution in [0.5, 0.6) is 0 Å². The Kier molecular flexibility index (Phi) is 3.74. The first kappa shape index (κ1) is 13.8. The lowest BCUT2D eigenvalue weighted by Crippen LogP contribution is -1.97. The molecule has 0 saturated heterocycles. The van der Waals surface area contributed by atoms with Gasteiger partial charge in [0.2, 0.25) is 0 Å². The Morgan fingerprint density at radius 3 is 2.48 bits per heavy atom. The maximum absolute atomic E-state index is 14.3. The lowest BCUT2D eigenvalue weighted by Gasteiger charge is -2.15. The molecule has 0 saturated carbocycles. The zero-order valence-corrected chi connectivity index (χ0v) is 12.4. The third kappa shape index (κ3) is 2.82. The Morgan fingerprint density at radius 1 is 1.05 bits per heavy atom. The van der Waals surface area contributed by atoms with Gasteiger partial charge in [-0.3, -0.25) is 0 Å². The fourth-order valence-corrected chi connectivity index (χ4v) is 2.70. The minimum absolute atomic E-state index is 0.140. The third-order valence-corrected chi connectivity index (χ3v) is 4.08. The SMILES string of the molecule is Cc1c(F)cc(C2=CCC(C)C=C2)cc1-c1ccccc1. The minimum Gasteiger partial charge on any atom is -0.207 e. The van der Waals surface area contributed by atoms with Crippen molar-refractivity contribution >= 4 is 5.57 Å². The molecule has 0 fully saturated rings. The van der Waals surface area contributed by atoms with Gasteiger partial charge in [-0.05, 0) is 59.2 Å². The molecule has 21 heavy (non-hydrogen) atoms. The van der Waals surface area contributed by atoms with E-state index < -0.39 is 0 Å². The van der Waals surface area contributed by atoms with Crippen molar-refractivity contribution in [2.24, 2.45) is 5.92 Å². The van der Waals surface area contributed by atoms with Crippen LogP contribution < -0.4 is 0 Å². The van der Waals surface area contributed by atoms with Crippen LogP contribution in [0.1, 0.15) is 24.5 Å². The van der Waals surface area contributed by atoms with Gasteiger partial charge in [0.15, 0.2) is 0 Å². The van der Waals surface area contributed by atoms with Gasteiger partial charge >= 0.3 is 0 Å². The Bertz CT molecular complexity index is 708. The van der Waals surface area contributed by atoms with Crippen LogP contribution in [0.3, 0.4) is 0 Å². The van der Waals surface area contributed by atoms with Crippen molar-refractivity contribution in [3.8, 4) is 11.1 Å². The van der Waals surface area contributed by atoms with Gasteiger partial charge in [0.25, 0.3) is 0 Å². The first-order valence-electron chi connectivity index (χ1n) is 7.39. The zero-order valence-electron chi connectivity index (χ0n) is 12.4. The Balaban J connectivity index is 2.09. The molecule has 2 aromatic carbocycles. The van der Waals surface area contributed by atoms with Gasteiger partial charge in [-0.25, -0.2) is 4.39 Å². The molecule has 0 heterocycles. The quantitative estimate of drug-likeness (QED) is 0.653. The van der Waals surface area contributed by atoms with Crippen LogP contribution in [0, 0.1) is 18.7 Å². The molecule has 1 unspecified atom stereocenters. The minimum atomic E-state index is -0.140. The van der Waals surface area contributed by atoms with Gasteiger partial charge in [-0.2, -0.15) is 0 Å². The van der Waals surface area contributed by atoms with Crippen molar-refractivity contribution in [3.63, 3.8) is 0 Å². The highest BCUT2D eigenvalue weighted by Crippen LogP contribution is 2.31. The summed E-state index contributed by atoms with van der Waals surface area (Å²) in [6.45, 7) is 4.03. The van der Waals surface area contributed by atoms with E-state index in [1.54, 1.807) is 6.07 Å². The molecule has 0 radical (unpaired) electrons. The summed E-state index contributed by atoms with van der Waals surface area (Å²) in [7, 11) is 0. The van der Waals surface area contributed by atoms with E-state index in [1.165, 1.54) is 0 Å². The molecule has 0 bridgehead atoms. The Morgan fingerprint density at radius 2 is 1.81 bits per heavy atom. The summed E-state index contributed by atoms with van der Waals surface area (Å²) in [6, 6.07) is 13.7. The highest BCUT2D eigenvalue weighted by Gasteiger charge is 2.12. The Hall–Kier alpha value is -2.15. The fourth-order valence-electron chi connectivity index (χ4n) is 2.70. The largest absolute Gasteiger partial charge is 0.207 e. The van der Waals surface area contributed by atoms with Gasteiger partial charge in [-0.15, -0.1) is 0 Å². The number of rotatable bonds is 2. The number of benzene rings is 2. The predicted molar refractivity (Wildman–Crippen MR) is 87.5 cm³/mol. The van der Waals surface area contributed by atoms with E-state index in [4.69, 9.17) is 0 Å². The molecule has 1 aliphatic rings. The van der Waals surface area contributed by atoms with E-state index in [1.807, 2.05) is 37.3 Å². The summed E-state index contributed by atoms with van der Waals surface area (Å²) >= 11 is 0. The van der Waals surface area contributed by atoms with Crippen molar-refractivity contribution < 1.29 is 4.39 Å². The molecule has 0 aliphatic heterocycles. The van der Waals surface area contributed by atoms with Gasteiger partial charge in [-0.1, -0.05) is 55.5 Å². The van der Waals surface area contributed by atoms with Crippen LogP contribution >= 0.6 is 0 Å². The average molecular weight is 278 g/mol. The van der Waals surface area contributed by atoms with E-state index in [0.717, 1.165) is 28.7 Å². The molecular weight excluding hydrogens is 259 g/mol. The van der Waals surface area contributed by atoms with E-state index in [9.17, 15) is 4.39 Å². The number of allylic oxidation sites excluding steroid dienone is 4. The zero-order chi connectivity index (χ0) is 14.8. The molecule has 106 valence electrons. The summed E-state index contributed by atoms with van der Waals surface area (Å²) in [5, 5.41) is 0. The van der Waals surface area contributed by atoms with Crippen molar-refractivity contribution in [1.29, 1.82) is 0 Å². The molecule has 0 aromatic heterocycles. The third-order valence-electron chi connectivity index (χ3n) is 4.08. The monoisotopic (exact) mass is 278 g/mol. The lowest BCUT2D eigenvalue weighted by molar-refractivity contribution is 0.618. The predicted octanol–water partition coefficient (Wildman–Crippen LogP) is 5.78. The Labute approximate surface area is 125 Å². The van der Waals surface area contributed by atoms with Crippen LogP contribution in [-0.4, -0.2) is 0 Å². The molecule has 0 spiro atoms. The van der Waals surface area contributed by atoms with Crippen LogP contribution in [0.15, 0.2) is 60.7 Å².